The first-order valence-corrected chi connectivity index (χ1v) is 7.49. The van der Waals surface area contributed by atoms with Crippen LogP contribution in [0.5, 0.6) is 5.75 Å². The Labute approximate surface area is 143 Å². The van der Waals surface area contributed by atoms with Crippen LogP contribution < -0.4 is 15.4 Å². The fourth-order valence-corrected chi connectivity index (χ4v) is 2.26. The van der Waals surface area contributed by atoms with Crippen LogP contribution in [0.1, 0.15) is 5.56 Å². The van der Waals surface area contributed by atoms with E-state index in [-0.39, 0.29) is 12.2 Å². The first-order valence-electron chi connectivity index (χ1n) is 6.73. The number of hydrogen-bond donors (Lipinski definition) is 2. The van der Waals surface area contributed by atoms with Crippen LogP contribution in [0, 0.1) is 12.7 Å². The van der Waals surface area contributed by atoms with Crippen LogP contribution in [0.2, 0.25) is 10.0 Å². The number of halogens is 3. The summed E-state index contributed by atoms with van der Waals surface area (Å²) in [4.78, 5) is 12.0. The molecule has 0 saturated heterocycles. The Morgan fingerprint density at radius 2 is 1.96 bits per heavy atom. The summed E-state index contributed by atoms with van der Waals surface area (Å²) in [5, 5.41) is 6.30. The molecule has 0 spiro atoms. The molecule has 4 nitrogen and oxygen atoms in total. The van der Waals surface area contributed by atoms with Gasteiger partial charge in [-0.2, -0.15) is 0 Å². The maximum Gasteiger partial charge on any atom is 0.243 e. The summed E-state index contributed by atoms with van der Waals surface area (Å²) in [6.45, 7) is 1.78. The third kappa shape index (κ3) is 4.50. The Balaban J connectivity index is 2.05. The van der Waals surface area contributed by atoms with Crippen molar-refractivity contribution in [2.45, 2.75) is 6.92 Å². The third-order valence-corrected chi connectivity index (χ3v) is 3.76. The molecule has 122 valence electrons. The minimum Gasteiger partial charge on any atom is -0.495 e. The molecule has 2 aromatic rings. The summed E-state index contributed by atoms with van der Waals surface area (Å²) in [5.74, 6) is -0.453. The number of methoxy groups -OCH3 is 1. The van der Waals surface area contributed by atoms with Crippen LogP contribution in [-0.2, 0) is 4.79 Å². The van der Waals surface area contributed by atoms with Gasteiger partial charge >= 0.3 is 0 Å². The van der Waals surface area contributed by atoms with E-state index < -0.39 is 11.7 Å². The predicted octanol–water partition coefficient (Wildman–Crippen LogP) is 4.50. The van der Waals surface area contributed by atoms with Gasteiger partial charge < -0.3 is 15.4 Å². The van der Waals surface area contributed by atoms with E-state index >= 15 is 0 Å². The van der Waals surface area contributed by atoms with E-state index in [0.29, 0.717) is 21.5 Å². The zero-order chi connectivity index (χ0) is 17.0. The highest BCUT2D eigenvalue weighted by Gasteiger charge is 2.10. The maximum atomic E-state index is 13.6. The summed E-state index contributed by atoms with van der Waals surface area (Å²) in [5.41, 5.74) is 1.50. The fraction of sp³-hybridized carbons (Fsp3) is 0.188. The Bertz CT molecular complexity index is 738. The molecule has 0 aromatic heterocycles. The van der Waals surface area contributed by atoms with Crippen molar-refractivity contribution in [3.05, 3.63) is 51.8 Å². The summed E-state index contributed by atoms with van der Waals surface area (Å²) in [6, 6.07) is 7.38. The van der Waals surface area contributed by atoms with Gasteiger partial charge in [0.05, 0.1) is 25.0 Å². The van der Waals surface area contributed by atoms with Crippen molar-refractivity contribution in [2.24, 2.45) is 0 Å². The van der Waals surface area contributed by atoms with Gasteiger partial charge in [-0.3, -0.25) is 4.79 Å². The molecule has 1 amide bonds. The van der Waals surface area contributed by atoms with E-state index in [9.17, 15) is 9.18 Å². The normalized spacial score (nSPS) is 10.3. The predicted molar refractivity (Wildman–Crippen MR) is 91.3 cm³/mol. The molecule has 7 heteroatoms. The van der Waals surface area contributed by atoms with Gasteiger partial charge in [-0.05, 0) is 36.8 Å². The topological polar surface area (TPSA) is 50.4 Å². The first-order chi connectivity index (χ1) is 10.9. The van der Waals surface area contributed by atoms with Crippen LogP contribution in [0.4, 0.5) is 15.8 Å². The van der Waals surface area contributed by atoms with E-state index in [1.807, 2.05) is 6.92 Å². The minimum absolute atomic E-state index is 0.0311. The Kier molecular flexibility index (Phi) is 5.69. The lowest BCUT2D eigenvalue weighted by molar-refractivity contribution is -0.114. The summed E-state index contributed by atoms with van der Waals surface area (Å²) in [6.07, 6.45) is 0. The maximum absolute atomic E-state index is 13.6. The van der Waals surface area contributed by atoms with Crippen LogP contribution in [-0.4, -0.2) is 19.6 Å². The molecular weight excluding hydrogens is 342 g/mol. The minimum atomic E-state index is -0.553. The molecule has 0 radical (unpaired) electrons. The number of ether oxygens (including phenoxy) is 1. The molecule has 0 fully saturated rings. The third-order valence-electron chi connectivity index (χ3n) is 3.12. The van der Waals surface area contributed by atoms with Crippen LogP contribution >= 0.6 is 23.2 Å². The van der Waals surface area contributed by atoms with Crippen molar-refractivity contribution in [3.63, 3.8) is 0 Å². The van der Waals surface area contributed by atoms with E-state index in [4.69, 9.17) is 27.9 Å². The largest absolute Gasteiger partial charge is 0.495 e. The first kappa shape index (κ1) is 17.4. The quantitative estimate of drug-likeness (QED) is 0.828. The number of aryl methyl sites for hydroxylation is 1. The van der Waals surface area contributed by atoms with Gasteiger partial charge in [0.25, 0.3) is 0 Å². The number of nitrogens with one attached hydrogen (secondary N) is 2. The molecule has 0 aliphatic rings. The lowest BCUT2D eigenvalue weighted by Gasteiger charge is -2.13. The molecule has 0 aliphatic carbocycles. The lowest BCUT2D eigenvalue weighted by atomic mass is 10.2. The molecule has 0 aliphatic heterocycles. The number of benzene rings is 2. The number of carbonyl (C=O) groups is 1. The highest BCUT2D eigenvalue weighted by atomic mass is 35.5. The van der Waals surface area contributed by atoms with Gasteiger partial charge in [0.1, 0.15) is 11.6 Å². The lowest BCUT2D eigenvalue weighted by Crippen LogP contribution is -2.22. The van der Waals surface area contributed by atoms with E-state index in [1.54, 1.807) is 12.1 Å². The van der Waals surface area contributed by atoms with Gasteiger partial charge in [-0.15, -0.1) is 0 Å². The molecule has 0 unspecified atom stereocenters. The van der Waals surface area contributed by atoms with Crippen LogP contribution in [0.3, 0.4) is 0 Å². The SMILES string of the molecule is COc1cc(Cl)c(C)cc1NCC(=O)Nc1cc(Cl)ccc1F. The van der Waals surface area contributed by atoms with Gasteiger partial charge in [-0.25, -0.2) is 4.39 Å². The average molecular weight is 357 g/mol. The number of amides is 1. The monoisotopic (exact) mass is 356 g/mol. The van der Waals surface area contributed by atoms with Gasteiger partial charge in [0.2, 0.25) is 5.91 Å². The molecular formula is C16H15Cl2FN2O2. The number of anilines is 2. The number of rotatable bonds is 5. The zero-order valence-corrected chi connectivity index (χ0v) is 14.1. The van der Waals surface area contributed by atoms with Crippen molar-refractivity contribution in [1.29, 1.82) is 0 Å². The smallest absolute Gasteiger partial charge is 0.243 e. The summed E-state index contributed by atoms with van der Waals surface area (Å²) < 4.78 is 18.8. The Morgan fingerprint density at radius 3 is 2.65 bits per heavy atom. The van der Waals surface area contributed by atoms with Gasteiger partial charge in [0, 0.05) is 16.1 Å². The highest BCUT2D eigenvalue weighted by Crippen LogP contribution is 2.30. The molecule has 2 N–H and O–H groups in total. The van der Waals surface area contributed by atoms with E-state index in [0.717, 1.165) is 5.56 Å². The second kappa shape index (κ2) is 7.53. The fourth-order valence-electron chi connectivity index (χ4n) is 1.93. The molecule has 0 heterocycles. The zero-order valence-electron chi connectivity index (χ0n) is 12.5. The second-order valence-electron chi connectivity index (χ2n) is 4.83. The summed E-state index contributed by atoms with van der Waals surface area (Å²) in [7, 11) is 1.51. The van der Waals surface area contributed by atoms with E-state index in [2.05, 4.69) is 10.6 Å². The van der Waals surface area contributed by atoms with Crippen LogP contribution in [0.15, 0.2) is 30.3 Å². The Morgan fingerprint density at radius 1 is 1.22 bits per heavy atom. The van der Waals surface area contributed by atoms with Crippen molar-refractivity contribution < 1.29 is 13.9 Å². The molecule has 2 rings (SSSR count). The van der Waals surface area contributed by atoms with Crippen molar-refractivity contribution >= 4 is 40.5 Å². The molecule has 2 aromatic carbocycles. The molecule has 0 saturated carbocycles. The summed E-state index contributed by atoms with van der Waals surface area (Å²) >= 11 is 11.8. The molecule has 23 heavy (non-hydrogen) atoms. The van der Waals surface area contributed by atoms with Crippen LogP contribution in [0.25, 0.3) is 0 Å². The molecule has 0 bridgehead atoms. The average Bonchev–Trinajstić information content (AvgIpc) is 2.51. The van der Waals surface area contributed by atoms with Crippen molar-refractivity contribution in [1.82, 2.24) is 0 Å². The second-order valence-corrected chi connectivity index (χ2v) is 5.67. The highest BCUT2D eigenvalue weighted by molar-refractivity contribution is 6.31. The van der Waals surface area contributed by atoms with Crippen molar-refractivity contribution in [3.8, 4) is 5.75 Å². The van der Waals surface area contributed by atoms with E-state index in [1.165, 1.54) is 25.3 Å². The van der Waals surface area contributed by atoms with Gasteiger partial charge in [-0.1, -0.05) is 23.2 Å². The standard InChI is InChI=1S/C16H15Cl2FN2O2/c1-9-5-14(15(23-2)7-11(9)18)20-8-16(22)21-13-6-10(17)3-4-12(13)19/h3-7,20H,8H2,1-2H3,(H,21,22). The van der Waals surface area contributed by atoms with Gasteiger partial charge in [0.15, 0.2) is 0 Å². The molecule has 0 atom stereocenters. The van der Waals surface area contributed by atoms with Crippen molar-refractivity contribution in [2.75, 3.05) is 24.3 Å². The number of carbonyl (C=O) groups excluding carboxylic acids is 1. The number of hydrogen-bond acceptors (Lipinski definition) is 3. The Hall–Kier alpha value is -1.98.